The van der Waals surface area contributed by atoms with Gasteiger partial charge in [0, 0.05) is 13.2 Å². The maximum Gasteiger partial charge on any atom is 0.326 e. The highest BCUT2D eigenvalue weighted by Gasteiger charge is 2.36. The molecule has 0 radical (unpaired) electrons. The Morgan fingerprint density at radius 2 is 1.88 bits per heavy atom. The van der Waals surface area contributed by atoms with Crippen LogP contribution in [0.15, 0.2) is 24.3 Å². The van der Waals surface area contributed by atoms with Crippen LogP contribution in [-0.2, 0) is 19.1 Å². The summed E-state index contributed by atoms with van der Waals surface area (Å²) in [6, 6.07) is 6.34. The molecule has 2 aliphatic heterocycles. The number of carbonyl (C=O) groups excluding carboxylic acids is 4. The van der Waals surface area contributed by atoms with E-state index in [4.69, 9.17) is 9.47 Å². The van der Waals surface area contributed by atoms with Gasteiger partial charge in [0.2, 0.25) is 0 Å². The number of hydrogen-bond acceptors (Lipinski definition) is 6. The van der Waals surface area contributed by atoms with Crippen molar-refractivity contribution < 1.29 is 28.7 Å². The minimum atomic E-state index is -0.818. The van der Waals surface area contributed by atoms with Crippen molar-refractivity contribution in [3.05, 3.63) is 35.4 Å². The molecule has 8 nitrogen and oxygen atoms in total. The Bertz CT molecular complexity index is 676. The summed E-state index contributed by atoms with van der Waals surface area (Å²) in [5.41, 5.74) is 0.518. The first kappa shape index (κ1) is 17.1. The molecule has 25 heavy (non-hydrogen) atoms. The number of ether oxygens (including phenoxy) is 2. The third kappa shape index (κ3) is 3.85. The van der Waals surface area contributed by atoms with Gasteiger partial charge in [-0.3, -0.25) is 24.1 Å². The van der Waals surface area contributed by atoms with Crippen molar-refractivity contribution in [2.45, 2.75) is 18.9 Å². The number of rotatable bonds is 6. The number of esters is 1. The molecule has 3 rings (SSSR count). The lowest BCUT2D eigenvalue weighted by Gasteiger charge is -2.13. The molecule has 1 aromatic rings. The number of amides is 3. The van der Waals surface area contributed by atoms with Gasteiger partial charge >= 0.3 is 5.97 Å². The average Bonchev–Trinajstić information content (AvgIpc) is 3.22. The van der Waals surface area contributed by atoms with Gasteiger partial charge in [0.15, 0.2) is 6.61 Å². The highest BCUT2D eigenvalue weighted by atomic mass is 16.5. The van der Waals surface area contributed by atoms with Gasteiger partial charge in [0.05, 0.1) is 17.2 Å². The fourth-order valence-electron chi connectivity index (χ4n) is 2.79. The molecule has 2 aliphatic rings. The summed E-state index contributed by atoms with van der Waals surface area (Å²) >= 11 is 0. The topological polar surface area (TPSA) is 102 Å². The predicted octanol–water partition coefficient (Wildman–Crippen LogP) is 0.121. The van der Waals surface area contributed by atoms with E-state index in [0.717, 1.165) is 17.7 Å². The Labute approximate surface area is 144 Å². The molecule has 1 saturated heterocycles. The molecule has 0 bridgehead atoms. The molecule has 0 spiro atoms. The first-order valence-corrected chi connectivity index (χ1v) is 8.05. The van der Waals surface area contributed by atoms with Crippen LogP contribution < -0.4 is 5.32 Å². The molecule has 1 fully saturated rings. The van der Waals surface area contributed by atoms with E-state index in [2.05, 4.69) is 5.32 Å². The maximum absolute atomic E-state index is 12.1. The Balaban J connectivity index is 1.44. The van der Waals surface area contributed by atoms with E-state index in [-0.39, 0.29) is 17.2 Å². The zero-order chi connectivity index (χ0) is 17.8. The molecule has 1 N–H and O–H groups in total. The van der Waals surface area contributed by atoms with Crippen molar-refractivity contribution in [1.29, 1.82) is 0 Å². The second-order valence-electron chi connectivity index (χ2n) is 5.84. The molecule has 0 unspecified atom stereocenters. The Morgan fingerprint density at radius 3 is 2.48 bits per heavy atom. The summed E-state index contributed by atoms with van der Waals surface area (Å²) in [5.74, 6) is -2.35. The van der Waals surface area contributed by atoms with Gasteiger partial charge in [-0.2, -0.15) is 0 Å². The number of nitrogens with zero attached hydrogens (tertiary/aromatic N) is 1. The molecule has 1 atom stereocenters. The fourth-order valence-corrected chi connectivity index (χ4v) is 2.79. The normalized spacial score (nSPS) is 19.0. The molecule has 2 heterocycles. The SMILES string of the molecule is O=C(COC(=O)CN1C(=O)c2ccccc2C1=O)NC[C@@H]1CCCO1. The van der Waals surface area contributed by atoms with Crippen LogP contribution in [0, 0.1) is 0 Å². The van der Waals surface area contributed by atoms with Gasteiger partial charge in [-0.25, -0.2) is 0 Å². The summed E-state index contributed by atoms with van der Waals surface area (Å²) in [6.07, 6.45) is 1.85. The molecule has 132 valence electrons. The van der Waals surface area contributed by atoms with Crippen LogP contribution in [-0.4, -0.2) is 61.0 Å². The minimum Gasteiger partial charge on any atom is -0.454 e. The lowest BCUT2D eigenvalue weighted by atomic mass is 10.1. The smallest absolute Gasteiger partial charge is 0.326 e. The molecule has 3 amide bonds. The Morgan fingerprint density at radius 1 is 1.20 bits per heavy atom. The monoisotopic (exact) mass is 346 g/mol. The third-order valence-electron chi connectivity index (χ3n) is 4.08. The van der Waals surface area contributed by atoms with E-state index in [1.807, 2.05) is 0 Å². The summed E-state index contributed by atoms with van der Waals surface area (Å²) in [7, 11) is 0. The zero-order valence-corrected chi connectivity index (χ0v) is 13.5. The van der Waals surface area contributed by atoms with Crippen molar-refractivity contribution in [2.75, 3.05) is 26.3 Å². The van der Waals surface area contributed by atoms with Crippen LogP contribution in [0.3, 0.4) is 0 Å². The summed E-state index contributed by atoms with van der Waals surface area (Å²) in [6.45, 7) is 0.0741. The summed E-state index contributed by atoms with van der Waals surface area (Å²) in [4.78, 5) is 48.6. The maximum atomic E-state index is 12.1. The average molecular weight is 346 g/mol. The van der Waals surface area contributed by atoms with Crippen molar-refractivity contribution in [3.63, 3.8) is 0 Å². The zero-order valence-electron chi connectivity index (χ0n) is 13.5. The van der Waals surface area contributed by atoms with E-state index in [1.54, 1.807) is 12.1 Å². The number of hydrogen-bond donors (Lipinski definition) is 1. The van der Waals surface area contributed by atoms with Crippen LogP contribution >= 0.6 is 0 Å². The quantitative estimate of drug-likeness (QED) is 0.580. The second kappa shape index (κ2) is 7.43. The minimum absolute atomic E-state index is 0.00185. The number of benzene rings is 1. The van der Waals surface area contributed by atoms with Gasteiger partial charge in [-0.05, 0) is 25.0 Å². The molecular weight excluding hydrogens is 328 g/mol. The van der Waals surface area contributed by atoms with E-state index in [1.165, 1.54) is 12.1 Å². The number of nitrogens with one attached hydrogen (secondary N) is 1. The van der Waals surface area contributed by atoms with E-state index in [0.29, 0.717) is 13.2 Å². The van der Waals surface area contributed by atoms with Crippen LogP contribution in [0.2, 0.25) is 0 Å². The molecule has 8 heteroatoms. The highest BCUT2D eigenvalue weighted by molar-refractivity contribution is 6.22. The third-order valence-corrected chi connectivity index (χ3v) is 4.08. The lowest BCUT2D eigenvalue weighted by Crippen LogP contribution is -2.38. The van der Waals surface area contributed by atoms with Gasteiger partial charge in [-0.1, -0.05) is 12.1 Å². The first-order valence-electron chi connectivity index (χ1n) is 8.05. The van der Waals surface area contributed by atoms with Crippen LogP contribution in [0.5, 0.6) is 0 Å². The Hall–Kier alpha value is -2.74. The first-order chi connectivity index (χ1) is 12.1. The van der Waals surface area contributed by atoms with Gasteiger partial charge < -0.3 is 14.8 Å². The lowest BCUT2D eigenvalue weighted by molar-refractivity contribution is -0.148. The fraction of sp³-hybridized carbons (Fsp3) is 0.412. The summed E-state index contributed by atoms with van der Waals surface area (Å²) < 4.78 is 10.2. The number of imide groups is 1. The highest BCUT2D eigenvalue weighted by Crippen LogP contribution is 2.22. The standard InChI is InChI=1S/C17H18N2O6/c20-14(18-8-11-4-3-7-24-11)10-25-15(21)9-19-16(22)12-5-1-2-6-13(12)17(19)23/h1-2,5-6,11H,3-4,7-10H2,(H,18,20)/t11-/m0/s1. The van der Waals surface area contributed by atoms with Crippen molar-refractivity contribution in [1.82, 2.24) is 10.2 Å². The van der Waals surface area contributed by atoms with Crippen LogP contribution in [0.4, 0.5) is 0 Å². The van der Waals surface area contributed by atoms with Crippen LogP contribution in [0.1, 0.15) is 33.6 Å². The molecule has 1 aromatic carbocycles. The van der Waals surface area contributed by atoms with Gasteiger partial charge in [0.25, 0.3) is 17.7 Å². The van der Waals surface area contributed by atoms with Gasteiger partial charge in [0.1, 0.15) is 6.54 Å². The van der Waals surface area contributed by atoms with Crippen molar-refractivity contribution >= 4 is 23.7 Å². The number of carbonyl (C=O) groups is 4. The van der Waals surface area contributed by atoms with Crippen LogP contribution in [0.25, 0.3) is 0 Å². The summed E-state index contributed by atoms with van der Waals surface area (Å²) in [5, 5.41) is 2.62. The molecule has 0 aliphatic carbocycles. The van der Waals surface area contributed by atoms with E-state index in [9.17, 15) is 19.2 Å². The van der Waals surface area contributed by atoms with Crippen molar-refractivity contribution in [3.8, 4) is 0 Å². The number of fused-ring (bicyclic) bond motifs is 1. The second-order valence-corrected chi connectivity index (χ2v) is 5.84. The van der Waals surface area contributed by atoms with Gasteiger partial charge in [-0.15, -0.1) is 0 Å². The van der Waals surface area contributed by atoms with E-state index >= 15 is 0 Å². The van der Waals surface area contributed by atoms with Crippen molar-refractivity contribution in [2.24, 2.45) is 0 Å². The predicted molar refractivity (Wildman–Crippen MR) is 84.8 cm³/mol. The Kier molecular flexibility index (Phi) is 5.08. The molecule has 0 saturated carbocycles. The molecule has 0 aromatic heterocycles. The largest absolute Gasteiger partial charge is 0.454 e. The molecular formula is C17H18N2O6. The van der Waals surface area contributed by atoms with E-state index < -0.39 is 36.8 Å².